The van der Waals surface area contributed by atoms with Gasteiger partial charge in [-0.1, -0.05) is 11.2 Å². The molecule has 0 atom stereocenters. The van der Waals surface area contributed by atoms with Crippen molar-refractivity contribution in [1.29, 1.82) is 0 Å². The molecule has 1 N–H and O–H groups in total. The van der Waals surface area contributed by atoms with Crippen molar-refractivity contribution in [1.82, 2.24) is 9.88 Å². The van der Waals surface area contributed by atoms with Crippen LogP contribution in [0.4, 0.5) is 0 Å². The van der Waals surface area contributed by atoms with Gasteiger partial charge in [-0.25, -0.2) is 13.1 Å². The predicted octanol–water partition coefficient (Wildman–Crippen LogP) is 3.56. The molecular formula is C19H22N2O5S2. The number of aromatic nitrogens is 1. The van der Waals surface area contributed by atoms with E-state index in [1.165, 1.54) is 17.5 Å². The van der Waals surface area contributed by atoms with Crippen LogP contribution in [0.5, 0.6) is 11.5 Å². The number of rotatable bonds is 8. The number of sulfonamides is 1. The normalized spacial score (nSPS) is 11.6. The number of benzene rings is 1. The van der Waals surface area contributed by atoms with Crippen molar-refractivity contribution in [3.63, 3.8) is 0 Å². The Morgan fingerprint density at radius 3 is 2.50 bits per heavy atom. The van der Waals surface area contributed by atoms with Crippen LogP contribution in [0.15, 0.2) is 39.9 Å². The van der Waals surface area contributed by atoms with Gasteiger partial charge in [0, 0.05) is 22.4 Å². The minimum atomic E-state index is -3.71. The molecule has 0 aliphatic rings. The summed E-state index contributed by atoms with van der Waals surface area (Å²) in [7, 11) is -0.570. The summed E-state index contributed by atoms with van der Waals surface area (Å²) < 4.78 is 44.4. The SMILES string of the molecule is COc1ccc(CCNS(=O)(=O)c2c(C)sc(C)c2-c2ccno2)cc1OC. The molecule has 3 rings (SSSR count). The molecule has 0 saturated heterocycles. The van der Waals surface area contributed by atoms with Gasteiger partial charge >= 0.3 is 0 Å². The van der Waals surface area contributed by atoms with Crippen molar-refractivity contribution < 1.29 is 22.4 Å². The van der Waals surface area contributed by atoms with E-state index < -0.39 is 10.0 Å². The fourth-order valence-electron chi connectivity index (χ4n) is 3.05. The smallest absolute Gasteiger partial charge is 0.242 e. The summed E-state index contributed by atoms with van der Waals surface area (Å²) in [5, 5.41) is 3.70. The van der Waals surface area contributed by atoms with E-state index in [9.17, 15) is 8.42 Å². The lowest BCUT2D eigenvalue weighted by molar-refractivity contribution is 0.354. The number of ether oxygens (including phenoxy) is 2. The number of nitrogens with one attached hydrogen (secondary N) is 1. The number of thiophene rings is 1. The third-order valence-electron chi connectivity index (χ3n) is 4.31. The van der Waals surface area contributed by atoms with Crippen molar-refractivity contribution in [2.45, 2.75) is 25.2 Å². The van der Waals surface area contributed by atoms with Crippen LogP contribution in [0.1, 0.15) is 15.3 Å². The van der Waals surface area contributed by atoms with Crippen molar-refractivity contribution >= 4 is 21.4 Å². The minimum absolute atomic E-state index is 0.249. The number of hydrogen-bond acceptors (Lipinski definition) is 7. The van der Waals surface area contributed by atoms with E-state index in [1.54, 1.807) is 33.3 Å². The summed E-state index contributed by atoms with van der Waals surface area (Å²) in [6.45, 7) is 3.92. The Labute approximate surface area is 168 Å². The quantitative estimate of drug-likeness (QED) is 0.597. The molecule has 150 valence electrons. The Morgan fingerprint density at radius 2 is 1.86 bits per heavy atom. The van der Waals surface area contributed by atoms with Crippen LogP contribution in [-0.2, 0) is 16.4 Å². The summed E-state index contributed by atoms with van der Waals surface area (Å²) in [5.74, 6) is 1.69. The maximum Gasteiger partial charge on any atom is 0.242 e. The van der Waals surface area contributed by atoms with Crippen molar-refractivity contribution in [2.24, 2.45) is 0 Å². The molecule has 0 spiro atoms. The fourth-order valence-corrected chi connectivity index (χ4v) is 5.95. The molecule has 7 nitrogen and oxygen atoms in total. The first-order valence-corrected chi connectivity index (χ1v) is 10.9. The lowest BCUT2D eigenvalue weighted by atomic mass is 10.1. The molecule has 28 heavy (non-hydrogen) atoms. The Morgan fingerprint density at radius 1 is 1.11 bits per heavy atom. The highest BCUT2D eigenvalue weighted by Crippen LogP contribution is 2.38. The van der Waals surface area contributed by atoms with E-state index in [-0.39, 0.29) is 11.4 Å². The average molecular weight is 423 g/mol. The van der Waals surface area contributed by atoms with E-state index in [4.69, 9.17) is 14.0 Å². The third-order valence-corrected chi connectivity index (χ3v) is 7.09. The molecule has 0 bridgehead atoms. The molecule has 3 aromatic rings. The number of hydrogen-bond donors (Lipinski definition) is 1. The first-order chi connectivity index (χ1) is 13.4. The van der Waals surface area contributed by atoms with Crippen LogP contribution in [0, 0.1) is 13.8 Å². The third kappa shape index (κ3) is 4.06. The lowest BCUT2D eigenvalue weighted by Gasteiger charge is -2.11. The summed E-state index contributed by atoms with van der Waals surface area (Å²) in [6, 6.07) is 7.19. The fraction of sp³-hybridized carbons (Fsp3) is 0.316. The van der Waals surface area contributed by atoms with Crippen LogP contribution in [0.3, 0.4) is 0 Å². The molecule has 0 unspecified atom stereocenters. The second-order valence-electron chi connectivity index (χ2n) is 6.13. The molecule has 2 aromatic heterocycles. The number of methoxy groups -OCH3 is 2. The van der Waals surface area contributed by atoms with Gasteiger partial charge in [-0.3, -0.25) is 0 Å². The van der Waals surface area contributed by atoms with Crippen LogP contribution in [0.2, 0.25) is 0 Å². The Hall–Kier alpha value is -2.36. The second-order valence-corrected chi connectivity index (χ2v) is 9.27. The maximum atomic E-state index is 13.0. The largest absolute Gasteiger partial charge is 0.493 e. The second kappa shape index (κ2) is 8.34. The average Bonchev–Trinajstić information content (AvgIpc) is 3.28. The van der Waals surface area contributed by atoms with Gasteiger partial charge in [0.15, 0.2) is 17.3 Å². The molecule has 0 fully saturated rings. The Balaban J connectivity index is 1.79. The zero-order valence-corrected chi connectivity index (χ0v) is 17.7. The summed E-state index contributed by atoms with van der Waals surface area (Å²) in [5.41, 5.74) is 1.51. The number of nitrogens with zero attached hydrogens (tertiary/aromatic N) is 1. The molecule has 0 saturated carbocycles. The van der Waals surface area contributed by atoms with Crippen LogP contribution < -0.4 is 14.2 Å². The molecule has 1 aromatic carbocycles. The number of aryl methyl sites for hydroxylation is 2. The van der Waals surface area contributed by atoms with E-state index >= 15 is 0 Å². The van der Waals surface area contributed by atoms with Gasteiger partial charge in [0.25, 0.3) is 0 Å². The van der Waals surface area contributed by atoms with Gasteiger partial charge in [0.2, 0.25) is 10.0 Å². The first-order valence-electron chi connectivity index (χ1n) is 8.59. The minimum Gasteiger partial charge on any atom is -0.493 e. The zero-order chi connectivity index (χ0) is 20.3. The van der Waals surface area contributed by atoms with Crippen molar-refractivity contribution in [3.8, 4) is 22.8 Å². The molecule has 0 aliphatic heterocycles. The van der Waals surface area contributed by atoms with Crippen molar-refractivity contribution in [3.05, 3.63) is 45.8 Å². The standard InChI is InChI=1S/C19H22N2O5S2/c1-12-18(16-8-9-20-26-16)19(13(2)27-12)28(22,23)21-10-7-14-5-6-15(24-3)17(11-14)25-4/h5-6,8-9,11,21H,7,10H2,1-4H3. The molecule has 0 amide bonds. The van der Waals surface area contributed by atoms with Crippen molar-refractivity contribution in [2.75, 3.05) is 20.8 Å². The van der Waals surface area contributed by atoms with Gasteiger partial charge in [-0.15, -0.1) is 11.3 Å². The Kier molecular flexibility index (Phi) is 6.07. The van der Waals surface area contributed by atoms with Gasteiger partial charge in [-0.2, -0.15) is 0 Å². The molecule has 2 heterocycles. The maximum absolute atomic E-state index is 13.0. The molecule has 9 heteroatoms. The lowest BCUT2D eigenvalue weighted by Crippen LogP contribution is -2.26. The monoisotopic (exact) mass is 422 g/mol. The predicted molar refractivity (Wildman–Crippen MR) is 108 cm³/mol. The zero-order valence-electron chi connectivity index (χ0n) is 16.1. The van der Waals surface area contributed by atoms with Gasteiger partial charge in [0.05, 0.1) is 26.0 Å². The van der Waals surface area contributed by atoms with Gasteiger partial charge in [0.1, 0.15) is 4.90 Å². The van der Waals surface area contributed by atoms with Gasteiger partial charge in [-0.05, 0) is 38.0 Å². The highest BCUT2D eigenvalue weighted by atomic mass is 32.2. The topological polar surface area (TPSA) is 90.7 Å². The highest BCUT2D eigenvalue weighted by Gasteiger charge is 2.27. The molecular weight excluding hydrogens is 400 g/mol. The summed E-state index contributed by atoms with van der Waals surface area (Å²) in [6.07, 6.45) is 2.02. The van der Waals surface area contributed by atoms with E-state index in [2.05, 4.69) is 9.88 Å². The Bertz CT molecular complexity index is 1060. The molecule has 0 radical (unpaired) electrons. The van der Waals surface area contributed by atoms with E-state index in [0.29, 0.717) is 34.1 Å². The summed E-state index contributed by atoms with van der Waals surface area (Å²) in [4.78, 5) is 1.83. The summed E-state index contributed by atoms with van der Waals surface area (Å²) >= 11 is 1.42. The van der Waals surface area contributed by atoms with E-state index in [0.717, 1.165) is 10.4 Å². The first kappa shape index (κ1) is 20.4. The highest BCUT2D eigenvalue weighted by molar-refractivity contribution is 7.89. The van der Waals surface area contributed by atoms with Crippen LogP contribution in [-0.4, -0.2) is 34.3 Å². The van der Waals surface area contributed by atoms with Crippen LogP contribution in [0.25, 0.3) is 11.3 Å². The van der Waals surface area contributed by atoms with Gasteiger partial charge < -0.3 is 14.0 Å². The molecule has 0 aliphatic carbocycles. The van der Waals surface area contributed by atoms with E-state index in [1.807, 2.05) is 19.1 Å². The van der Waals surface area contributed by atoms with Crippen LogP contribution >= 0.6 is 11.3 Å².